The zero-order valence-corrected chi connectivity index (χ0v) is 16.8. The van der Waals surface area contributed by atoms with Gasteiger partial charge in [-0.25, -0.2) is 9.78 Å². The van der Waals surface area contributed by atoms with Crippen LogP contribution in [-0.4, -0.2) is 54.2 Å². The number of hydrogen-bond donors (Lipinski definition) is 0. The second-order valence-electron chi connectivity index (χ2n) is 6.94. The summed E-state index contributed by atoms with van der Waals surface area (Å²) in [5, 5.41) is 0.804. The van der Waals surface area contributed by atoms with Crippen molar-refractivity contribution in [2.45, 2.75) is 38.3 Å². The SMILES string of the molecule is COC(=O)C1CCC(C)(OC)CN1C(=O)c1sc(C)nc1-c1ccccc1. The highest BCUT2D eigenvalue weighted by Gasteiger charge is 2.43. The Bertz CT molecular complexity index is 836. The summed E-state index contributed by atoms with van der Waals surface area (Å²) in [6.07, 6.45) is 1.18. The Labute approximate surface area is 163 Å². The van der Waals surface area contributed by atoms with E-state index in [1.807, 2.05) is 44.2 Å². The Kier molecular flexibility index (Phi) is 5.62. The molecule has 1 fully saturated rings. The first-order valence-corrected chi connectivity index (χ1v) is 9.67. The van der Waals surface area contributed by atoms with Gasteiger partial charge >= 0.3 is 5.97 Å². The van der Waals surface area contributed by atoms with Crippen molar-refractivity contribution in [1.82, 2.24) is 9.88 Å². The van der Waals surface area contributed by atoms with Crippen LogP contribution in [-0.2, 0) is 14.3 Å². The fourth-order valence-electron chi connectivity index (χ4n) is 3.40. The largest absolute Gasteiger partial charge is 0.467 e. The van der Waals surface area contributed by atoms with Crippen LogP contribution in [0.5, 0.6) is 0 Å². The normalized spacial score (nSPS) is 22.5. The standard InChI is InChI=1S/C20H24N2O4S/c1-13-21-16(14-8-6-5-7-9-14)17(27-13)18(23)22-12-20(2,26-4)11-10-15(22)19(24)25-3/h5-9,15H,10-12H2,1-4H3. The van der Waals surface area contributed by atoms with E-state index in [1.165, 1.54) is 18.4 Å². The van der Waals surface area contributed by atoms with Crippen LogP contribution >= 0.6 is 11.3 Å². The number of methoxy groups -OCH3 is 2. The highest BCUT2D eigenvalue weighted by Crippen LogP contribution is 2.34. The molecule has 1 aromatic heterocycles. The van der Waals surface area contributed by atoms with Gasteiger partial charge in [0.25, 0.3) is 5.91 Å². The maximum Gasteiger partial charge on any atom is 0.328 e. The number of piperidine rings is 1. The fourth-order valence-corrected chi connectivity index (χ4v) is 4.30. The summed E-state index contributed by atoms with van der Waals surface area (Å²) in [5.41, 5.74) is 1.04. The van der Waals surface area contributed by atoms with Gasteiger partial charge in [-0.15, -0.1) is 11.3 Å². The Morgan fingerprint density at radius 3 is 2.59 bits per heavy atom. The maximum absolute atomic E-state index is 13.5. The molecular formula is C20H24N2O4S. The minimum absolute atomic E-state index is 0.210. The van der Waals surface area contributed by atoms with Crippen LogP contribution in [0.15, 0.2) is 30.3 Å². The number of aryl methyl sites for hydroxylation is 1. The van der Waals surface area contributed by atoms with Crippen LogP contribution in [0.1, 0.15) is 34.4 Å². The molecule has 0 radical (unpaired) electrons. The van der Waals surface area contributed by atoms with E-state index < -0.39 is 17.6 Å². The first-order valence-electron chi connectivity index (χ1n) is 8.85. The number of thiazole rings is 1. The highest BCUT2D eigenvalue weighted by atomic mass is 32.1. The predicted octanol–water partition coefficient (Wildman–Crippen LogP) is 3.30. The van der Waals surface area contributed by atoms with E-state index in [4.69, 9.17) is 9.47 Å². The van der Waals surface area contributed by atoms with Crippen molar-refractivity contribution in [3.05, 3.63) is 40.2 Å². The van der Waals surface area contributed by atoms with Gasteiger partial charge in [0.05, 0.1) is 30.0 Å². The molecule has 0 bridgehead atoms. The summed E-state index contributed by atoms with van der Waals surface area (Å²) in [4.78, 5) is 32.5. The van der Waals surface area contributed by atoms with Gasteiger partial charge in [0, 0.05) is 12.7 Å². The summed E-state index contributed by atoms with van der Waals surface area (Å²) >= 11 is 1.34. The van der Waals surface area contributed by atoms with E-state index >= 15 is 0 Å². The molecule has 3 rings (SSSR count). The zero-order chi connectivity index (χ0) is 19.6. The number of aromatic nitrogens is 1. The second-order valence-corrected chi connectivity index (χ2v) is 8.14. The van der Waals surface area contributed by atoms with Gasteiger partial charge in [-0.05, 0) is 26.7 Å². The molecule has 7 heteroatoms. The maximum atomic E-state index is 13.5. The van der Waals surface area contributed by atoms with Crippen LogP contribution < -0.4 is 0 Å². The number of amides is 1. The van der Waals surface area contributed by atoms with Gasteiger partial charge in [0.2, 0.25) is 0 Å². The van der Waals surface area contributed by atoms with Crippen LogP contribution in [0.25, 0.3) is 11.3 Å². The molecule has 6 nitrogen and oxygen atoms in total. The lowest BCUT2D eigenvalue weighted by Gasteiger charge is -2.43. The Balaban J connectivity index is 2.01. The van der Waals surface area contributed by atoms with Gasteiger partial charge in [-0.2, -0.15) is 0 Å². The van der Waals surface area contributed by atoms with Gasteiger partial charge in [0.15, 0.2) is 0 Å². The number of carbonyl (C=O) groups is 2. The number of rotatable bonds is 4. The molecule has 144 valence electrons. The molecule has 0 saturated carbocycles. The van der Waals surface area contributed by atoms with Crippen LogP contribution in [0.3, 0.4) is 0 Å². The van der Waals surface area contributed by atoms with Crippen LogP contribution in [0.4, 0.5) is 0 Å². The number of carbonyl (C=O) groups excluding carboxylic acids is 2. The highest BCUT2D eigenvalue weighted by molar-refractivity contribution is 7.14. The van der Waals surface area contributed by atoms with E-state index in [9.17, 15) is 9.59 Å². The van der Waals surface area contributed by atoms with Crippen molar-refractivity contribution in [2.24, 2.45) is 0 Å². The van der Waals surface area contributed by atoms with Crippen LogP contribution in [0, 0.1) is 6.92 Å². The number of esters is 1. The van der Waals surface area contributed by atoms with Crippen molar-refractivity contribution in [3.63, 3.8) is 0 Å². The molecule has 1 aliphatic heterocycles. The average Bonchev–Trinajstić information content (AvgIpc) is 3.09. The number of ether oxygens (including phenoxy) is 2. The molecule has 2 aromatic rings. The van der Waals surface area contributed by atoms with Crippen molar-refractivity contribution >= 4 is 23.2 Å². The van der Waals surface area contributed by atoms with E-state index in [2.05, 4.69) is 4.98 Å². The molecule has 1 amide bonds. The predicted molar refractivity (Wildman–Crippen MR) is 104 cm³/mol. The zero-order valence-electron chi connectivity index (χ0n) is 16.0. The quantitative estimate of drug-likeness (QED) is 0.752. The molecule has 0 aliphatic carbocycles. The molecule has 0 spiro atoms. The Morgan fingerprint density at radius 2 is 1.96 bits per heavy atom. The third-order valence-corrected chi connectivity index (χ3v) is 5.99. The average molecular weight is 388 g/mol. The minimum Gasteiger partial charge on any atom is -0.467 e. The summed E-state index contributed by atoms with van der Waals surface area (Å²) < 4.78 is 10.6. The smallest absolute Gasteiger partial charge is 0.328 e. The number of hydrogen-bond acceptors (Lipinski definition) is 6. The topological polar surface area (TPSA) is 68.7 Å². The fraction of sp³-hybridized carbons (Fsp3) is 0.450. The summed E-state index contributed by atoms with van der Waals surface area (Å²) in [5.74, 6) is -0.609. The van der Waals surface area contributed by atoms with E-state index in [0.717, 1.165) is 10.6 Å². The molecule has 2 atom stereocenters. The van der Waals surface area contributed by atoms with Gasteiger partial charge in [0.1, 0.15) is 10.9 Å². The molecule has 1 aliphatic rings. The lowest BCUT2D eigenvalue weighted by atomic mass is 9.89. The van der Waals surface area contributed by atoms with Gasteiger partial charge < -0.3 is 14.4 Å². The molecule has 2 heterocycles. The summed E-state index contributed by atoms with van der Waals surface area (Å²) in [7, 11) is 2.98. The van der Waals surface area contributed by atoms with E-state index in [-0.39, 0.29) is 5.91 Å². The Morgan fingerprint density at radius 1 is 1.26 bits per heavy atom. The molecule has 27 heavy (non-hydrogen) atoms. The lowest BCUT2D eigenvalue weighted by molar-refractivity contribution is -0.151. The van der Waals surface area contributed by atoms with Crippen molar-refractivity contribution in [2.75, 3.05) is 20.8 Å². The number of likely N-dealkylation sites (tertiary alicyclic amines) is 1. The van der Waals surface area contributed by atoms with Gasteiger partial charge in [-0.3, -0.25) is 4.79 Å². The second kappa shape index (κ2) is 7.78. The van der Waals surface area contributed by atoms with Gasteiger partial charge in [-0.1, -0.05) is 30.3 Å². The molecule has 1 aromatic carbocycles. The van der Waals surface area contributed by atoms with Crippen molar-refractivity contribution in [3.8, 4) is 11.3 Å². The lowest BCUT2D eigenvalue weighted by Crippen LogP contribution is -2.57. The monoisotopic (exact) mass is 388 g/mol. The number of nitrogens with zero attached hydrogens (tertiary/aromatic N) is 2. The first kappa shape index (κ1) is 19.5. The first-order chi connectivity index (χ1) is 12.9. The number of benzene rings is 1. The molecule has 0 N–H and O–H groups in total. The summed E-state index contributed by atoms with van der Waals surface area (Å²) in [6, 6.07) is 9.00. The molecule has 1 saturated heterocycles. The van der Waals surface area contributed by atoms with Crippen LogP contribution in [0.2, 0.25) is 0 Å². The molecule has 2 unspecified atom stereocenters. The minimum atomic E-state index is -0.614. The van der Waals surface area contributed by atoms with Crippen molar-refractivity contribution < 1.29 is 19.1 Å². The third kappa shape index (κ3) is 3.89. The third-order valence-electron chi connectivity index (χ3n) is 5.03. The molecular weight excluding hydrogens is 364 g/mol. The van der Waals surface area contributed by atoms with E-state index in [0.29, 0.717) is 30.0 Å². The Hall–Kier alpha value is -2.25. The van der Waals surface area contributed by atoms with Crippen molar-refractivity contribution in [1.29, 1.82) is 0 Å². The summed E-state index contributed by atoms with van der Waals surface area (Å²) in [6.45, 7) is 4.16. The van der Waals surface area contributed by atoms with E-state index in [1.54, 1.807) is 12.0 Å².